The third-order valence-corrected chi connectivity index (χ3v) is 7.63. The first-order valence-electron chi connectivity index (χ1n) is 12.7. The lowest BCUT2D eigenvalue weighted by molar-refractivity contribution is 0.145. The second kappa shape index (κ2) is 10.1. The maximum absolute atomic E-state index is 2.77. The molecule has 2 aliphatic rings. The third-order valence-electron chi connectivity index (χ3n) is 7.63. The molecule has 0 atom stereocenters. The number of unbranched alkanes of at least 4 members (excludes halogenated alkanes) is 4. The van der Waals surface area contributed by atoms with Crippen LogP contribution in [0.15, 0.2) is 35.9 Å². The third kappa shape index (κ3) is 4.73. The summed E-state index contributed by atoms with van der Waals surface area (Å²) >= 11 is 0. The van der Waals surface area contributed by atoms with Crippen LogP contribution in [0.4, 0.5) is 0 Å². The largest absolute Gasteiger partial charge is 0.0701 e. The lowest BCUT2D eigenvalue weighted by atomic mass is 9.55. The zero-order chi connectivity index (χ0) is 20.7. The normalized spacial score (nSPS) is 18.8. The standard InChI is InChI=1S/C29H44/c1-5-9-17-28(18-10-6-2)22-26-25-16-14-13-15-24(25)21-27(26)29(23-28,19-11-7-3)20-12-8-4/h13-16,21-22H,5-12,17-20,23H2,1-4H3. The molecule has 0 bridgehead atoms. The van der Waals surface area contributed by atoms with Crippen LogP contribution in [0.2, 0.25) is 0 Å². The number of allylic oxidation sites excluding steroid dienone is 3. The lowest BCUT2D eigenvalue weighted by Crippen LogP contribution is -2.36. The molecule has 160 valence electrons. The highest BCUT2D eigenvalue weighted by atomic mass is 14.5. The summed E-state index contributed by atoms with van der Waals surface area (Å²) in [5.74, 6) is 0. The van der Waals surface area contributed by atoms with E-state index in [0.717, 1.165) is 0 Å². The van der Waals surface area contributed by atoms with Gasteiger partial charge in [0.15, 0.2) is 0 Å². The van der Waals surface area contributed by atoms with E-state index in [0.29, 0.717) is 10.8 Å². The van der Waals surface area contributed by atoms with Crippen molar-refractivity contribution in [3.8, 4) is 0 Å². The lowest BCUT2D eigenvalue weighted by Gasteiger charge is -2.49. The van der Waals surface area contributed by atoms with Crippen LogP contribution in [0.3, 0.4) is 0 Å². The van der Waals surface area contributed by atoms with Crippen LogP contribution in [0.5, 0.6) is 0 Å². The molecule has 2 aliphatic carbocycles. The van der Waals surface area contributed by atoms with Crippen LogP contribution in [-0.4, -0.2) is 0 Å². The second-order valence-corrected chi connectivity index (χ2v) is 9.94. The van der Waals surface area contributed by atoms with Gasteiger partial charge in [-0.2, -0.15) is 0 Å². The highest BCUT2D eigenvalue weighted by molar-refractivity contribution is 5.96. The van der Waals surface area contributed by atoms with Crippen LogP contribution >= 0.6 is 0 Å². The molecule has 0 unspecified atom stereocenters. The van der Waals surface area contributed by atoms with Crippen molar-refractivity contribution in [2.24, 2.45) is 10.8 Å². The van der Waals surface area contributed by atoms with Crippen molar-refractivity contribution in [3.63, 3.8) is 0 Å². The molecule has 0 saturated heterocycles. The van der Waals surface area contributed by atoms with E-state index in [1.54, 1.807) is 11.1 Å². The zero-order valence-electron chi connectivity index (χ0n) is 19.7. The van der Waals surface area contributed by atoms with E-state index in [2.05, 4.69) is 64.1 Å². The van der Waals surface area contributed by atoms with Gasteiger partial charge in [-0.25, -0.2) is 0 Å². The van der Waals surface area contributed by atoms with Crippen molar-refractivity contribution in [2.45, 2.75) is 111 Å². The molecule has 0 radical (unpaired) electrons. The zero-order valence-corrected chi connectivity index (χ0v) is 19.7. The number of hydrogen-bond donors (Lipinski definition) is 0. The molecule has 3 rings (SSSR count). The molecule has 0 amide bonds. The molecular formula is C29H44. The van der Waals surface area contributed by atoms with Crippen LogP contribution < -0.4 is 0 Å². The predicted molar refractivity (Wildman–Crippen MR) is 130 cm³/mol. The molecule has 0 N–H and O–H groups in total. The summed E-state index contributed by atoms with van der Waals surface area (Å²) in [4.78, 5) is 0. The van der Waals surface area contributed by atoms with E-state index in [1.165, 1.54) is 94.6 Å². The molecule has 0 nitrogen and oxygen atoms in total. The molecule has 0 aliphatic heterocycles. The van der Waals surface area contributed by atoms with Gasteiger partial charge < -0.3 is 0 Å². The van der Waals surface area contributed by atoms with Gasteiger partial charge in [0.2, 0.25) is 0 Å². The van der Waals surface area contributed by atoms with Gasteiger partial charge in [-0.15, -0.1) is 0 Å². The van der Waals surface area contributed by atoms with Crippen molar-refractivity contribution >= 4 is 11.6 Å². The van der Waals surface area contributed by atoms with Gasteiger partial charge >= 0.3 is 0 Å². The summed E-state index contributed by atoms with van der Waals surface area (Å²) in [6, 6.07) is 9.18. The quantitative estimate of drug-likeness (QED) is 0.332. The van der Waals surface area contributed by atoms with Gasteiger partial charge in [-0.05, 0) is 71.3 Å². The van der Waals surface area contributed by atoms with Crippen LogP contribution in [-0.2, 0) is 0 Å². The van der Waals surface area contributed by atoms with E-state index >= 15 is 0 Å². The first-order chi connectivity index (χ1) is 14.1. The van der Waals surface area contributed by atoms with Crippen molar-refractivity contribution in [2.75, 3.05) is 0 Å². The fourth-order valence-electron chi connectivity index (χ4n) is 6.07. The molecule has 0 saturated carbocycles. The Hall–Kier alpha value is -1.30. The Bertz CT molecular complexity index is 701. The van der Waals surface area contributed by atoms with Crippen LogP contribution in [0.1, 0.15) is 122 Å². The summed E-state index contributed by atoms with van der Waals surface area (Å²) in [7, 11) is 0. The molecule has 0 fully saturated rings. The summed E-state index contributed by atoms with van der Waals surface area (Å²) in [5.41, 5.74) is 7.08. The molecule has 0 aromatic heterocycles. The molecule has 0 spiro atoms. The Kier molecular flexibility index (Phi) is 7.83. The van der Waals surface area contributed by atoms with Crippen molar-refractivity contribution in [3.05, 3.63) is 47.0 Å². The first-order valence-corrected chi connectivity index (χ1v) is 12.7. The number of rotatable bonds is 12. The Morgan fingerprint density at radius 2 is 1.28 bits per heavy atom. The van der Waals surface area contributed by atoms with E-state index < -0.39 is 0 Å². The molecule has 0 heteroatoms. The fourth-order valence-corrected chi connectivity index (χ4v) is 6.07. The SMILES string of the molecule is CCCCC1(CCCC)C=C2C(=Cc3ccccc32)C(CCCC)(CCCC)C1. The van der Waals surface area contributed by atoms with E-state index in [1.807, 2.05) is 0 Å². The van der Waals surface area contributed by atoms with E-state index in [-0.39, 0.29) is 0 Å². The van der Waals surface area contributed by atoms with Crippen molar-refractivity contribution in [1.29, 1.82) is 0 Å². The smallest absolute Gasteiger partial charge is 0.00325 e. The molecule has 29 heavy (non-hydrogen) atoms. The maximum Gasteiger partial charge on any atom is -0.00325 e. The Morgan fingerprint density at radius 1 is 0.724 bits per heavy atom. The van der Waals surface area contributed by atoms with E-state index in [9.17, 15) is 0 Å². The predicted octanol–water partition coefficient (Wildman–Crippen LogP) is 9.60. The fraction of sp³-hybridized carbons (Fsp3) is 0.655. The highest BCUT2D eigenvalue weighted by Crippen LogP contribution is 2.61. The molecule has 1 aromatic carbocycles. The maximum atomic E-state index is 2.77. The van der Waals surface area contributed by atoms with Crippen molar-refractivity contribution < 1.29 is 0 Å². The molecule has 0 heterocycles. The Labute approximate surface area is 180 Å². The van der Waals surface area contributed by atoms with E-state index in [4.69, 9.17) is 0 Å². The molecular weight excluding hydrogens is 348 g/mol. The van der Waals surface area contributed by atoms with Gasteiger partial charge in [0.1, 0.15) is 0 Å². The summed E-state index contributed by atoms with van der Waals surface area (Å²) in [6.07, 6.45) is 23.0. The minimum Gasteiger partial charge on any atom is -0.0701 e. The Balaban J connectivity index is 2.12. The monoisotopic (exact) mass is 392 g/mol. The van der Waals surface area contributed by atoms with Gasteiger partial charge in [-0.3, -0.25) is 0 Å². The van der Waals surface area contributed by atoms with Crippen LogP contribution in [0, 0.1) is 10.8 Å². The van der Waals surface area contributed by atoms with Gasteiger partial charge in [0.05, 0.1) is 0 Å². The van der Waals surface area contributed by atoms with Gasteiger partial charge in [-0.1, -0.05) is 109 Å². The number of benzene rings is 1. The summed E-state index contributed by atoms with van der Waals surface area (Å²) < 4.78 is 0. The summed E-state index contributed by atoms with van der Waals surface area (Å²) in [5, 5.41) is 0. The average Bonchev–Trinajstić information content (AvgIpc) is 3.13. The first kappa shape index (κ1) is 22.4. The Morgan fingerprint density at radius 3 is 1.86 bits per heavy atom. The topological polar surface area (TPSA) is 0 Å². The second-order valence-electron chi connectivity index (χ2n) is 9.94. The average molecular weight is 393 g/mol. The highest BCUT2D eigenvalue weighted by Gasteiger charge is 2.47. The minimum atomic E-state index is 0.386. The van der Waals surface area contributed by atoms with Crippen LogP contribution in [0.25, 0.3) is 11.6 Å². The number of hydrogen-bond acceptors (Lipinski definition) is 0. The number of fused-ring (bicyclic) bond motifs is 3. The van der Waals surface area contributed by atoms with Gasteiger partial charge in [0, 0.05) is 0 Å². The minimum absolute atomic E-state index is 0.386. The van der Waals surface area contributed by atoms with Gasteiger partial charge in [0.25, 0.3) is 0 Å². The van der Waals surface area contributed by atoms with Crippen molar-refractivity contribution in [1.82, 2.24) is 0 Å². The summed E-state index contributed by atoms with van der Waals surface area (Å²) in [6.45, 7) is 9.46. The molecule has 1 aromatic rings.